The van der Waals surface area contributed by atoms with E-state index < -0.39 is 5.60 Å². The fourth-order valence-corrected chi connectivity index (χ4v) is 1.93. The molecule has 19 heavy (non-hydrogen) atoms. The predicted octanol–water partition coefficient (Wildman–Crippen LogP) is 1.74. The molecule has 0 saturated carbocycles. The lowest BCUT2D eigenvalue weighted by Gasteiger charge is -2.25. The van der Waals surface area contributed by atoms with E-state index in [2.05, 4.69) is 0 Å². The first kappa shape index (κ1) is 16.0. The van der Waals surface area contributed by atoms with Crippen molar-refractivity contribution in [3.63, 3.8) is 0 Å². The molecule has 0 amide bonds. The molecule has 0 spiro atoms. The number of ether oxygens (including phenoxy) is 2. The van der Waals surface area contributed by atoms with Gasteiger partial charge in [-0.25, -0.2) is 0 Å². The van der Waals surface area contributed by atoms with Gasteiger partial charge in [-0.15, -0.1) is 0 Å². The maximum Gasteiger partial charge on any atom is 0.119 e. The molecule has 2 unspecified atom stereocenters. The Balaban J connectivity index is 2.48. The zero-order valence-corrected chi connectivity index (χ0v) is 12.1. The molecule has 4 nitrogen and oxygen atoms in total. The normalized spacial score (nSPS) is 15.8. The summed E-state index contributed by atoms with van der Waals surface area (Å²) in [6.07, 6.45) is 1.33. The standard InChI is InChI=1S/C15H25NO3/c1-12(10-15(2,17)11-16)19-14-6-4-13(5-7-14)8-9-18-3/h4-7,12,17H,8-11,16H2,1-3H3. The molecule has 0 radical (unpaired) electrons. The van der Waals surface area contributed by atoms with Crippen molar-refractivity contribution in [3.8, 4) is 5.75 Å². The molecule has 0 saturated heterocycles. The van der Waals surface area contributed by atoms with E-state index in [-0.39, 0.29) is 12.6 Å². The number of hydrogen-bond acceptors (Lipinski definition) is 4. The summed E-state index contributed by atoms with van der Waals surface area (Å²) < 4.78 is 10.8. The zero-order chi connectivity index (χ0) is 14.3. The highest BCUT2D eigenvalue weighted by Gasteiger charge is 2.22. The molecule has 0 fully saturated rings. The molecule has 0 aromatic heterocycles. The van der Waals surface area contributed by atoms with Crippen LogP contribution < -0.4 is 10.5 Å². The van der Waals surface area contributed by atoms with Gasteiger partial charge in [-0.1, -0.05) is 12.1 Å². The Kier molecular flexibility index (Phi) is 6.28. The third-order valence-electron chi connectivity index (χ3n) is 3.02. The maximum atomic E-state index is 9.89. The number of methoxy groups -OCH3 is 1. The Labute approximate surface area is 115 Å². The van der Waals surface area contributed by atoms with Gasteiger partial charge < -0.3 is 20.3 Å². The highest BCUT2D eigenvalue weighted by atomic mass is 16.5. The number of rotatable bonds is 8. The summed E-state index contributed by atoms with van der Waals surface area (Å²) in [5.41, 5.74) is 5.84. The van der Waals surface area contributed by atoms with Gasteiger partial charge in [0.25, 0.3) is 0 Å². The Morgan fingerprint density at radius 1 is 1.32 bits per heavy atom. The van der Waals surface area contributed by atoms with Gasteiger partial charge in [-0.05, 0) is 38.0 Å². The Hall–Kier alpha value is -1.10. The molecular formula is C15H25NO3. The van der Waals surface area contributed by atoms with E-state index >= 15 is 0 Å². The average Bonchev–Trinajstić information content (AvgIpc) is 2.37. The van der Waals surface area contributed by atoms with Gasteiger partial charge in [-0.3, -0.25) is 0 Å². The van der Waals surface area contributed by atoms with E-state index in [0.29, 0.717) is 6.42 Å². The summed E-state index contributed by atoms with van der Waals surface area (Å²) in [6, 6.07) is 7.95. The Bertz CT molecular complexity index is 362. The monoisotopic (exact) mass is 267 g/mol. The van der Waals surface area contributed by atoms with E-state index in [1.54, 1.807) is 14.0 Å². The quantitative estimate of drug-likeness (QED) is 0.753. The number of aliphatic hydroxyl groups is 1. The molecule has 1 aromatic rings. The van der Waals surface area contributed by atoms with Gasteiger partial charge in [-0.2, -0.15) is 0 Å². The number of hydrogen-bond donors (Lipinski definition) is 2. The largest absolute Gasteiger partial charge is 0.491 e. The van der Waals surface area contributed by atoms with Gasteiger partial charge in [0.15, 0.2) is 0 Å². The van der Waals surface area contributed by atoms with Crippen LogP contribution in [0.15, 0.2) is 24.3 Å². The smallest absolute Gasteiger partial charge is 0.119 e. The van der Waals surface area contributed by atoms with Crippen LogP contribution in [0.3, 0.4) is 0 Å². The predicted molar refractivity (Wildman–Crippen MR) is 76.4 cm³/mol. The van der Waals surface area contributed by atoms with Crippen LogP contribution in [0.2, 0.25) is 0 Å². The second-order valence-corrected chi connectivity index (χ2v) is 5.22. The lowest BCUT2D eigenvalue weighted by atomic mass is 9.99. The van der Waals surface area contributed by atoms with Gasteiger partial charge in [0, 0.05) is 20.1 Å². The van der Waals surface area contributed by atoms with Crippen LogP contribution in [0.1, 0.15) is 25.8 Å². The molecule has 0 heterocycles. The van der Waals surface area contributed by atoms with Crippen molar-refractivity contribution in [2.45, 2.75) is 38.4 Å². The first-order valence-corrected chi connectivity index (χ1v) is 6.64. The van der Waals surface area contributed by atoms with Crippen LogP contribution >= 0.6 is 0 Å². The summed E-state index contributed by atoms with van der Waals surface area (Å²) in [4.78, 5) is 0. The summed E-state index contributed by atoms with van der Waals surface area (Å²) in [5, 5.41) is 9.89. The third kappa shape index (κ3) is 6.05. The van der Waals surface area contributed by atoms with Crippen molar-refractivity contribution in [1.82, 2.24) is 0 Å². The molecule has 2 atom stereocenters. The molecular weight excluding hydrogens is 242 g/mol. The molecule has 3 N–H and O–H groups in total. The van der Waals surface area contributed by atoms with Crippen molar-refractivity contribution < 1.29 is 14.6 Å². The molecule has 108 valence electrons. The third-order valence-corrected chi connectivity index (χ3v) is 3.02. The van der Waals surface area contributed by atoms with Crippen LogP contribution in [-0.2, 0) is 11.2 Å². The molecule has 4 heteroatoms. The van der Waals surface area contributed by atoms with Crippen molar-refractivity contribution in [3.05, 3.63) is 29.8 Å². The Morgan fingerprint density at radius 3 is 2.47 bits per heavy atom. The Morgan fingerprint density at radius 2 is 1.95 bits per heavy atom. The van der Waals surface area contributed by atoms with Crippen molar-refractivity contribution in [2.75, 3.05) is 20.3 Å². The molecule has 1 rings (SSSR count). The lowest BCUT2D eigenvalue weighted by Crippen LogP contribution is -2.38. The van der Waals surface area contributed by atoms with E-state index in [1.807, 2.05) is 31.2 Å². The second kappa shape index (κ2) is 7.48. The van der Waals surface area contributed by atoms with E-state index in [0.717, 1.165) is 18.8 Å². The van der Waals surface area contributed by atoms with Gasteiger partial charge >= 0.3 is 0 Å². The van der Waals surface area contributed by atoms with Crippen LogP contribution in [0, 0.1) is 0 Å². The van der Waals surface area contributed by atoms with Crippen molar-refractivity contribution >= 4 is 0 Å². The second-order valence-electron chi connectivity index (χ2n) is 5.22. The van der Waals surface area contributed by atoms with E-state index in [9.17, 15) is 5.11 Å². The maximum absolute atomic E-state index is 9.89. The van der Waals surface area contributed by atoms with E-state index in [4.69, 9.17) is 15.2 Å². The van der Waals surface area contributed by atoms with Crippen molar-refractivity contribution in [2.24, 2.45) is 5.73 Å². The SMILES string of the molecule is COCCc1ccc(OC(C)CC(C)(O)CN)cc1. The van der Waals surface area contributed by atoms with Crippen molar-refractivity contribution in [1.29, 1.82) is 0 Å². The minimum atomic E-state index is -0.877. The molecule has 0 aliphatic rings. The van der Waals surface area contributed by atoms with E-state index in [1.165, 1.54) is 5.56 Å². The summed E-state index contributed by atoms with van der Waals surface area (Å²) in [7, 11) is 1.70. The summed E-state index contributed by atoms with van der Waals surface area (Å²) >= 11 is 0. The summed E-state index contributed by atoms with van der Waals surface area (Å²) in [6.45, 7) is 4.61. The highest BCUT2D eigenvalue weighted by Crippen LogP contribution is 2.18. The fraction of sp³-hybridized carbons (Fsp3) is 0.600. The van der Waals surface area contributed by atoms with Crippen LogP contribution in [0.25, 0.3) is 0 Å². The summed E-state index contributed by atoms with van der Waals surface area (Å²) in [5.74, 6) is 0.807. The topological polar surface area (TPSA) is 64.7 Å². The first-order chi connectivity index (χ1) is 8.96. The molecule has 0 aliphatic heterocycles. The fourth-order valence-electron chi connectivity index (χ4n) is 1.93. The first-order valence-electron chi connectivity index (χ1n) is 6.64. The van der Waals surface area contributed by atoms with Crippen LogP contribution in [0.4, 0.5) is 0 Å². The highest BCUT2D eigenvalue weighted by molar-refractivity contribution is 5.27. The number of benzene rings is 1. The van der Waals surface area contributed by atoms with Gasteiger partial charge in [0.2, 0.25) is 0 Å². The average molecular weight is 267 g/mol. The minimum absolute atomic E-state index is 0.0802. The molecule has 1 aromatic carbocycles. The van der Waals surface area contributed by atoms with Crippen LogP contribution in [-0.4, -0.2) is 37.1 Å². The lowest BCUT2D eigenvalue weighted by molar-refractivity contribution is 0.0237. The van der Waals surface area contributed by atoms with Gasteiger partial charge in [0.05, 0.1) is 18.3 Å². The molecule has 0 aliphatic carbocycles. The number of nitrogens with two attached hydrogens (primary N) is 1. The molecule has 0 bridgehead atoms. The minimum Gasteiger partial charge on any atom is -0.491 e. The zero-order valence-electron chi connectivity index (χ0n) is 12.1. The van der Waals surface area contributed by atoms with Gasteiger partial charge in [0.1, 0.15) is 5.75 Å². The van der Waals surface area contributed by atoms with Crippen LogP contribution in [0.5, 0.6) is 5.75 Å².